The van der Waals surface area contributed by atoms with Crippen LogP contribution in [0.5, 0.6) is 0 Å². The first-order valence-electron chi connectivity index (χ1n) is 9.57. The number of carbonyl (C=O) groups excluding carboxylic acids is 1. The lowest BCUT2D eigenvalue weighted by Crippen LogP contribution is -2.36. The molecule has 0 unspecified atom stereocenters. The number of aryl methyl sites for hydroxylation is 1. The average Bonchev–Trinajstić information content (AvgIpc) is 3.10. The minimum atomic E-state index is -0.0141. The van der Waals surface area contributed by atoms with Gasteiger partial charge in [0.15, 0.2) is 5.96 Å². The number of benzene rings is 1. The fraction of sp³-hybridized carbons (Fsp3) is 0.429. The Morgan fingerprint density at radius 2 is 1.79 bits per heavy atom. The van der Waals surface area contributed by atoms with Crippen molar-refractivity contribution in [3.8, 4) is 0 Å². The zero-order chi connectivity index (χ0) is 19.5. The van der Waals surface area contributed by atoms with Gasteiger partial charge in [0, 0.05) is 28.4 Å². The fourth-order valence-electron chi connectivity index (χ4n) is 2.51. The van der Waals surface area contributed by atoms with Crippen molar-refractivity contribution in [1.82, 2.24) is 16.0 Å². The highest BCUT2D eigenvalue weighted by molar-refractivity contribution is 14.0. The highest BCUT2D eigenvalue weighted by Crippen LogP contribution is 2.14. The van der Waals surface area contributed by atoms with E-state index in [1.807, 2.05) is 24.3 Å². The first-order chi connectivity index (χ1) is 13.1. The Hall–Kier alpha value is -1.61. The van der Waals surface area contributed by atoms with Gasteiger partial charge < -0.3 is 16.0 Å². The van der Waals surface area contributed by atoms with E-state index in [2.05, 4.69) is 53.8 Å². The van der Waals surface area contributed by atoms with Gasteiger partial charge in [-0.1, -0.05) is 25.5 Å². The molecule has 0 aliphatic heterocycles. The number of halogens is 1. The standard InChI is InChI=1S/C21H30N4OS.HI/c1-4-6-13-23-20(26)18-10-8-17(9-11-18)14-24-21(22-5-2)25-15-19-12-7-16(3)27-19;/h7-12H,4-6,13-15H2,1-3H3,(H,23,26)(H2,22,24,25);1H. The fourth-order valence-corrected chi connectivity index (χ4v) is 3.34. The average molecular weight is 514 g/mol. The Balaban J connectivity index is 0.00000392. The summed E-state index contributed by atoms with van der Waals surface area (Å²) in [6.45, 7) is 9.14. The second-order valence-corrected chi connectivity index (χ2v) is 7.74. The zero-order valence-electron chi connectivity index (χ0n) is 16.9. The molecule has 0 bridgehead atoms. The summed E-state index contributed by atoms with van der Waals surface area (Å²) in [5.41, 5.74) is 1.77. The van der Waals surface area contributed by atoms with Crippen LogP contribution in [0, 0.1) is 6.92 Å². The van der Waals surface area contributed by atoms with Gasteiger partial charge in [0.1, 0.15) is 0 Å². The number of rotatable bonds is 9. The minimum absolute atomic E-state index is 0. The van der Waals surface area contributed by atoms with Crippen LogP contribution in [0.3, 0.4) is 0 Å². The number of unbranched alkanes of at least 4 members (excludes halogenated alkanes) is 1. The van der Waals surface area contributed by atoms with Crippen molar-refractivity contribution < 1.29 is 4.79 Å². The molecule has 1 heterocycles. The Morgan fingerprint density at radius 1 is 1.04 bits per heavy atom. The van der Waals surface area contributed by atoms with E-state index in [9.17, 15) is 4.79 Å². The first kappa shape index (κ1) is 24.4. The predicted octanol–water partition coefficient (Wildman–Crippen LogP) is 4.46. The van der Waals surface area contributed by atoms with Gasteiger partial charge in [-0.2, -0.15) is 0 Å². The molecule has 28 heavy (non-hydrogen) atoms. The number of aliphatic imine (C=N–C) groups is 1. The predicted molar refractivity (Wildman–Crippen MR) is 130 cm³/mol. The van der Waals surface area contributed by atoms with Crippen LogP contribution in [0.25, 0.3) is 0 Å². The largest absolute Gasteiger partial charge is 0.357 e. The van der Waals surface area contributed by atoms with E-state index in [1.165, 1.54) is 9.75 Å². The molecule has 1 aromatic heterocycles. The van der Waals surface area contributed by atoms with Crippen molar-refractivity contribution in [2.24, 2.45) is 4.99 Å². The lowest BCUT2D eigenvalue weighted by molar-refractivity contribution is 0.0953. The molecule has 5 nitrogen and oxygen atoms in total. The summed E-state index contributed by atoms with van der Waals surface area (Å²) in [7, 11) is 0. The van der Waals surface area contributed by atoms with E-state index in [0.29, 0.717) is 12.1 Å². The van der Waals surface area contributed by atoms with Gasteiger partial charge in [0.25, 0.3) is 5.91 Å². The van der Waals surface area contributed by atoms with Crippen LogP contribution in [-0.2, 0) is 13.1 Å². The van der Waals surface area contributed by atoms with Crippen molar-refractivity contribution in [1.29, 1.82) is 0 Å². The van der Waals surface area contributed by atoms with Crippen molar-refractivity contribution in [2.75, 3.05) is 13.1 Å². The summed E-state index contributed by atoms with van der Waals surface area (Å²) >= 11 is 1.79. The third kappa shape index (κ3) is 8.60. The van der Waals surface area contributed by atoms with E-state index >= 15 is 0 Å². The Bertz CT molecular complexity index is 743. The zero-order valence-corrected chi connectivity index (χ0v) is 20.0. The third-order valence-electron chi connectivity index (χ3n) is 4.02. The van der Waals surface area contributed by atoms with Crippen molar-refractivity contribution >= 4 is 47.2 Å². The Morgan fingerprint density at radius 3 is 2.39 bits per heavy atom. The second kappa shape index (κ2) is 13.5. The number of nitrogens with one attached hydrogen (secondary N) is 3. The van der Waals surface area contributed by atoms with Gasteiger partial charge in [0.2, 0.25) is 0 Å². The molecule has 0 atom stereocenters. The van der Waals surface area contributed by atoms with Gasteiger partial charge in [-0.25, -0.2) is 4.99 Å². The molecule has 154 valence electrons. The van der Waals surface area contributed by atoms with Crippen LogP contribution in [0.2, 0.25) is 0 Å². The van der Waals surface area contributed by atoms with Gasteiger partial charge in [-0.15, -0.1) is 35.3 Å². The molecule has 0 aliphatic carbocycles. The third-order valence-corrected chi connectivity index (χ3v) is 5.02. The molecule has 0 radical (unpaired) electrons. The van der Waals surface area contributed by atoms with Gasteiger partial charge in [-0.05, 0) is 50.1 Å². The molecule has 2 aromatic rings. The van der Waals surface area contributed by atoms with Crippen molar-refractivity contribution in [3.05, 3.63) is 57.3 Å². The van der Waals surface area contributed by atoms with E-state index in [4.69, 9.17) is 0 Å². The Labute approximate surface area is 189 Å². The van der Waals surface area contributed by atoms with Crippen LogP contribution in [-0.4, -0.2) is 25.0 Å². The molecular formula is C21H31IN4OS. The quantitative estimate of drug-likeness (QED) is 0.200. The molecule has 3 N–H and O–H groups in total. The van der Waals surface area contributed by atoms with Gasteiger partial charge in [-0.3, -0.25) is 4.79 Å². The molecule has 0 aliphatic rings. The summed E-state index contributed by atoms with van der Waals surface area (Å²) < 4.78 is 0. The molecule has 2 rings (SSSR count). The van der Waals surface area contributed by atoms with Gasteiger partial charge >= 0.3 is 0 Å². The maximum absolute atomic E-state index is 12.0. The van der Waals surface area contributed by atoms with Crippen LogP contribution in [0.1, 0.15) is 52.4 Å². The monoisotopic (exact) mass is 514 g/mol. The number of hydrogen-bond acceptors (Lipinski definition) is 3. The molecule has 0 saturated carbocycles. The highest BCUT2D eigenvalue weighted by Gasteiger charge is 2.05. The van der Waals surface area contributed by atoms with Crippen LogP contribution in [0.4, 0.5) is 0 Å². The second-order valence-electron chi connectivity index (χ2n) is 6.37. The van der Waals surface area contributed by atoms with Crippen LogP contribution >= 0.6 is 35.3 Å². The summed E-state index contributed by atoms with van der Waals surface area (Å²) in [5.74, 6) is 0.782. The number of nitrogens with zero attached hydrogens (tertiary/aromatic N) is 1. The van der Waals surface area contributed by atoms with Crippen LogP contribution in [0.15, 0.2) is 41.4 Å². The van der Waals surface area contributed by atoms with Crippen molar-refractivity contribution in [3.63, 3.8) is 0 Å². The number of amides is 1. The van der Waals surface area contributed by atoms with E-state index in [-0.39, 0.29) is 29.9 Å². The normalized spacial score (nSPS) is 10.9. The molecule has 0 saturated heterocycles. The SMILES string of the molecule is CCCCNC(=O)c1ccc(CN=C(NCC)NCc2ccc(C)s2)cc1.I. The molecule has 1 amide bonds. The lowest BCUT2D eigenvalue weighted by Gasteiger charge is -2.10. The number of thiophene rings is 1. The highest BCUT2D eigenvalue weighted by atomic mass is 127. The van der Waals surface area contributed by atoms with E-state index in [0.717, 1.165) is 44.0 Å². The van der Waals surface area contributed by atoms with Gasteiger partial charge in [0.05, 0.1) is 13.1 Å². The first-order valence-corrected chi connectivity index (χ1v) is 10.4. The molecule has 0 spiro atoms. The van der Waals surface area contributed by atoms with E-state index < -0.39 is 0 Å². The summed E-state index contributed by atoms with van der Waals surface area (Å²) in [6.07, 6.45) is 2.08. The number of guanidine groups is 1. The maximum atomic E-state index is 12.0. The van der Waals surface area contributed by atoms with Crippen LogP contribution < -0.4 is 16.0 Å². The smallest absolute Gasteiger partial charge is 0.251 e. The topological polar surface area (TPSA) is 65.5 Å². The summed E-state index contributed by atoms with van der Waals surface area (Å²) in [5, 5.41) is 9.57. The number of hydrogen-bond donors (Lipinski definition) is 3. The molecular weight excluding hydrogens is 483 g/mol. The van der Waals surface area contributed by atoms with Crippen molar-refractivity contribution in [2.45, 2.75) is 46.7 Å². The summed E-state index contributed by atoms with van der Waals surface area (Å²) in [4.78, 5) is 19.3. The lowest BCUT2D eigenvalue weighted by atomic mass is 10.1. The molecule has 0 fully saturated rings. The minimum Gasteiger partial charge on any atom is -0.357 e. The maximum Gasteiger partial charge on any atom is 0.251 e. The Kier molecular flexibility index (Phi) is 11.8. The van der Waals surface area contributed by atoms with E-state index in [1.54, 1.807) is 11.3 Å². The molecule has 1 aromatic carbocycles. The number of carbonyl (C=O) groups is 1. The molecule has 7 heteroatoms. The summed E-state index contributed by atoms with van der Waals surface area (Å²) in [6, 6.07) is 11.9.